The predicted molar refractivity (Wildman–Crippen MR) is 123 cm³/mol. The molecule has 9 heteroatoms. The monoisotopic (exact) mass is 455 g/mol. The van der Waals surface area contributed by atoms with Crippen LogP contribution < -0.4 is 14.2 Å². The number of likely N-dealkylation sites (N-methyl/N-ethyl adjacent to an activating group) is 1. The molecule has 0 saturated carbocycles. The fraction of sp³-hybridized carbons (Fsp3) is 0.375. The first-order valence-corrected chi connectivity index (χ1v) is 10.4. The van der Waals surface area contributed by atoms with Crippen LogP contribution in [0.4, 0.5) is 0 Å². The second kappa shape index (κ2) is 10.8. The minimum absolute atomic E-state index is 0.0999. The van der Waals surface area contributed by atoms with Gasteiger partial charge in [-0.2, -0.15) is 5.10 Å². The molecule has 2 amide bonds. The van der Waals surface area contributed by atoms with Crippen LogP contribution >= 0.6 is 0 Å². The van der Waals surface area contributed by atoms with E-state index >= 15 is 0 Å². The summed E-state index contributed by atoms with van der Waals surface area (Å²) >= 11 is 0. The van der Waals surface area contributed by atoms with Gasteiger partial charge >= 0.3 is 0 Å². The van der Waals surface area contributed by atoms with Crippen LogP contribution in [0, 0.1) is 0 Å². The minimum atomic E-state index is -0.425. The Morgan fingerprint density at radius 2 is 1.67 bits per heavy atom. The first-order chi connectivity index (χ1) is 15.9. The van der Waals surface area contributed by atoms with E-state index in [0.29, 0.717) is 17.9 Å². The zero-order valence-corrected chi connectivity index (χ0v) is 19.5. The third-order valence-electron chi connectivity index (χ3n) is 5.45. The standard InChI is InChI=1S/C24H29N3O6/c1-26(24(29)15-30-2)14-23(28)27-21(19-12-18(32-4)10-11-22(19)33-5)13-20(25-27)16-6-8-17(31-3)9-7-16/h6-12,21H,13-15H2,1-5H3/t21-/m1/s1. The molecule has 0 aliphatic carbocycles. The van der Waals surface area contributed by atoms with Crippen molar-refractivity contribution in [3.8, 4) is 17.2 Å². The maximum absolute atomic E-state index is 13.3. The molecule has 3 rings (SSSR count). The number of methoxy groups -OCH3 is 4. The molecule has 0 N–H and O–H groups in total. The number of rotatable bonds is 9. The van der Waals surface area contributed by atoms with Crippen LogP contribution in [0.1, 0.15) is 23.6 Å². The molecule has 1 aliphatic heterocycles. The highest BCUT2D eigenvalue weighted by molar-refractivity contribution is 6.03. The van der Waals surface area contributed by atoms with Gasteiger partial charge < -0.3 is 23.8 Å². The van der Waals surface area contributed by atoms with Crippen LogP contribution in [0.3, 0.4) is 0 Å². The zero-order chi connectivity index (χ0) is 24.0. The molecule has 2 aromatic carbocycles. The van der Waals surface area contributed by atoms with Crippen LogP contribution in [0.15, 0.2) is 47.6 Å². The van der Waals surface area contributed by atoms with E-state index in [4.69, 9.17) is 18.9 Å². The SMILES string of the molecule is COCC(=O)N(C)CC(=O)N1N=C(c2ccc(OC)cc2)C[C@@H]1c1cc(OC)ccc1OC. The predicted octanol–water partition coefficient (Wildman–Crippen LogP) is 2.49. The lowest BCUT2D eigenvalue weighted by molar-refractivity contribution is -0.142. The van der Waals surface area contributed by atoms with Crippen molar-refractivity contribution in [3.05, 3.63) is 53.6 Å². The van der Waals surface area contributed by atoms with Crippen LogP contribution in [0.25, 0.3) is 0 Å². The molecule has 0 unspecified atom stereocenters. The smallest absolute Gasteiger partial charge is 0.262 e. The van der Waals surface area contributed by atoms with Crippen molar-refractivity contribution < 1.29 is 28.5 Å². The molecule has 0 saturated heterocycles. The highest BCUT2D eigenvalue weighted by Crippen LogP contribution is 2.39. The van der Waals surface area contributed by atoms with Gasteiger partial charge in [-0.3, -0.25) is 9.59 Å². The Morgan fingerprint density at radius 1 is 1.00 bits per heavy atom. The molecular weight excluding hydrogens is 426 g/mol. The Hall–Kier alpha value is -3.59. The van der Waals surface area contributed by atoms with Crippen molar-refractivity contribution in [2.45, 2.75) is 12.5 Å². The summed E-state index contributed by atoms with van der Waals surface area (Å²) in [5.41, 5.74) is 2.39. The number of hydrogen-bond donors (Lipinski definition) is 0. The Morgan fingerprint density at radius 3 is 2.27 bits per heavy atom. The van der Waals surface area contributed by atoms with Crippen LogP contribution in [0.5, 0.6) is 17.2 Å². The quantitative estimate of drug-likeness (QED) is 0.577. The molecule has 176 valence electrons. The number of carbonyl (C=O) groups is 2. The molecular formula is C24H29N3O6. The number of carbonyl (C=O) groups excluding carboxylic acids is 2. The van der Waals surface area contributed by atoms with Gasteiger partial charge in [0.2, 0.25) is 5.91 Å². The molecule has 0 aromatic heterocycles. The molecule has 9 nitrogen and oxygen atoms in total. The van der Waals surface area contributed by atoms with E-state index in [9.17, 15) is 9.59 Å². The van der Waals surface area contributed by atoms with Gasteiger partial charge in [-0.25, -0.2) is 5.01 Å². The lowest BCUT2D eigenvalue weighted by Crippen LogP contribution is -2.40. The number of nitrogens with zero attached hydrogens (tertiary/aromatic N) is 3. The molecule has 0 bridgehead atoms. The molecule has 33 heavy (non-hydrogen) atoms. The minimum Gasteiger partial charge on any atom is -0.497 e. The fourth-order valence-electron chi connectivity index (χ4n) is 3.64. The Labute approximate surface area is 193 Å². The van der Waals surface area contributed by atoms with Gasteiger partial charge in [-0.15, -0.1) is 0 Å². The summed E-state index contributed by atoms with van der Waals surface area (Å²) in [7, 11) is 7.76. The molecule has 1 heterocycles. The summed E-state index contributed by atoms with van der Waals surface area (Å²) in [6.07, 6.45) is 0.470. The van der Waals surface area contributed by atoms with E-state index in [1.54, 1.807) is 40.5 Å². The van der Waals surface area contributed by atoms with Crippen molar-refractivity contribution in [1.29, 1.82) is 0 Å². The summed E-state index contributed by atoms with van der Waals surface area (Å²) in [5.74, 6) is 1.38. The average molecular weight is 456 g/mol. The van der Waals surface area contributed by atoms with E-state index in [2.05, 4.69) is 5.10 Å². The summed E-state index contributed by atoms with van der Waals surface area (Å²) in [6, 6.07) is 12.5. The van der Waals surface area contributed by atoms with Crippen LogP contribution in [-0.4, -0.2) is 76.1 Å². The molecule has 0 fully saturated rings. The Balaban J connectivity index is 1.96. The van der Waals surface area contributed by atoms with Crippen molar-refractivity contribution in [3.63, 3.8) is 0 Å². The molecule has 0 spiro atoms. The summed E-state index contributed by atoms with van der Waals surface area (Å²) in [4.78, 5) is 26.7. The van der Waals surface area contributed by atoms with Crippen LogP contribution in [-0.2, 0) is 14.3 Å². The summed E-state index contributed by atoms with van der Waals surface area (Å²) < 4.78 is 21.1. The van der Waals surface area contributed by atoms with Gasteiger partial charge in [0.25, 0.3) is 5.91 Å². The highest BCUT2D eigenvalue weighted by Gasteiger charge is 2.35. The van der Waals surface area contributed by atoms with Crippen LogP contribution in [0.2, 0.25) is 0 Å². The maximum Gasteiger partial charge on any atom is 0.262 e. The number of hydrogen-bond acceptors (Lipinski definition) is 7. The van der Waals surface area contributed by atoms with Gasteiger partial charge in [0.1, 0.15) is 30.4 Å². The largest absolute Gasteiger partial charge is 0.497 e. The van der Waals surface area contributed by atoms with E-state index in [1.807, 2.05) is 30.3 Å². The third kappa shape index (κ3) is 5.43. The Kier molecular flexibility index (Phi) is 7.89. The first-order valence-electron chi connectivity index (χ1n) is 10.4. The van der Waals surface area contributed by atoms with Crippen molar-refractivity contribution in [1.82, 2.24) is 9.91 Å². The van der Waals surface area contributed by atoms with Gasteiger partial charge in [0, 0.05) is 26.1 Å². The van der Waals surface area contributed by atoms with Crippen molar-refractivity contribution >= 4 is 17.5 Å². The average Bonchev–Trinajstić information content (AvgIpc) is 3.29. The lowest BCUT2D eigenvalue weighted by Gasteiger charge is -2.26. The van der Waals surface area contributed by atoms with E-state index in [0.717, 1.165) is 22.6 Å². The normalized spacial score (nSPS) is 15.1. The molecule has 1 atom stereocenters. The van der Waals surface area contributed by atoms with Gasteiger partial charge in [-0.1, -0.05) is 0 Å². The van der Waals surface area contributed by atoms with Gasteiger partial charge in [0.15, 0.2) is 0 Å². The summed E-state index contributed by atoms with van der Waals surface area (Å²) in [6.45, 7) is -0.234. The highest BCUT2D eigenvalue weighted by atomic mass is 16.5. The van der Waals surface area contributed by atoms with E-state index in [1.165, 1.54) is 17.0 Å². The van der Waals surface area contributed by atoms with Gasteiger partial charge in [-0.05, 0) is 48.0 Å². The first kappa shape index (κ1) is 24.1. The van der Waals surface area contributed by atoms with Crippen molar-refractivity contribution in [2.24, 2.45) is 5.10 Å². The number of hydrazone groups is 1. The van der Waals surface area contributed by atoms with E-state index in [-0.39, 0.29) is 25.0 Å². The number of ether oxygens (including phenoxy) is 4. The molecule has 0 radical (unpaired) electrons. The molecule has 1 aliphatic rings. The number of benzene rings is 2. The Bertz CT molecular complexity index is 1020. The second-order valence-corrected chi connectivity index (χ2v) is 7.52. The topological polar surface area (TPSA) is 89.9 Å². The second-order valence-electron chi connectivity index (χ2n) is 7.52. The zero-order valence-electron chi connectivity index (χ0n) is 19.5. The fourth-order valence-corrected chi connectivity index (χ4v) is 3.64. The summed E-state index contributed by atoms with van der Waals surface area (Å²) in [5, 5.41) is 6.08. The third-order valence-corrected chi connectivity index (χ3v) is 5.45. The molecule has 2 aromatic rings. The van der Waals surface area contributed by atoms with Gasteiger partial charge in [0.05, 0.1) is 33.1 Å². The van der Waals surface area contributed by atoms with E-state index < -0.39 is 6.04 Å². The lowest BCUT2D eigenvalue weighted by atomic mass is 9.97. The number of amides is 2. The van der Waals surface area contributed by atoms with Crippen molar-refractivity contribution in [2.75, 3.05) is 48.6 Å². The maximum atomic E-state index is 13.3.